The summed E-state index contributed by atoms with van der Waals surface area (Å²) in [6.07, 6.45) is 20.9. The average Bonchev–Trinajstić information content (AvgIpc) is 3.14. The Morgan fingerprint density at radius 2 is 1.02 bits per heavy atom. The zero-order valence-electron chi connectivity index (χ0n) is 29.0. The van der Waals surface area contributed by atoms with Crippen molar-refractivity contribution in [3.05, 3.63) is 114 Å². The standard InChI is InChI=1S/C44H54N2O2/c1-2-3-4-5-6-7-10-13-16-37-19-27-42(28-20-37)46-36-39-21-29-43(30-22-39)47-33-14-11-8-9-12-15-34-48-44-31-25-41(26-32-44)40-23-17-38(35-45)18-24-40/h17-32,36H,2-16,33-34H2,1H3. The van der Waals surface area contributed by atoms with E-state index in [4.69, 9.17) is 14.7 Å². The van der Waals surface area contributed by atoms with E-state index in [1.807, 2.05) is 54.7 Å². The van der Waals surface area contributed by atoms with Gasteiger partial charge in [0.25, 0.3) is 0 Å². The Morgan fingerprint density at radius 1 is 0.542 bits per heavy atom. The van der Waals surface area contributed by atoms with Gasteiger partial charge in [0.1, 0.15) is 11.5 Å². The highest BCUT2D eigenvalue weighted by Gasteiger charge is 2.01. The van der Waals surface area contributed by atoms with Crippen LogP contribution in [0.25, 0.3) is 11.1 Å². The smallest absolute Gasteiger partial charge is 0.119 e. The second-order valence-electron chi connectivity index (χ2n) is 12.8. The minimum Gasteiger partial charge on any atom is -0.494 e. The SMILES string of the molecule is CCCCCCCCCCc1ccc(N=Cc2ccc(OCCCCCCCCOc3ccc(-c4ccc(C#N)cc4)cc3)cc2)cc1. The Kier molecular flexibility index (Phi) is 16.9. The van der Waals surface area contributed by atoms with Crippen LogP contribution in [0.5, 0.6) is 11.5 Å². The third-order valence-electron chi connectivity index (χ3n) is 8.78. The van der Waals surface area contributed by atoms with E-state index in [1.165, 1.54) is 82.6 Å². The van der Waals surface area contributed by atoms with Gasteiger partial charge in [-0.3, -0.25) is 4.99 Å². The largest absolute Gasteiger partial charge is 0.494 e. The number of nitrogens with zero attached hydrogens (tertiary/aromatic N) is 2. The van der Waals surface area contributed by atoms with Gasteiger partial charge in [0.2, 0.25) is 0 Å². The zero-order chi connectivity index (χ0) is 33.5. The summed E-state index contributed by atoms with van der Waals surface area (Å²) < 4.78 is 11.9. The molecule has 0 amide bonds. The molecule has 48 heavy (non-hydrogen) atoms. The molecule has 0 aromatic heterocycles. The molecule has 0 bridgehead atoms. The molecule has 0 fully saturated rings. The van der Waals surface area contributed by atoms with E-state index in [0.717, 1.165) is 66.4 Å². The normalized spacial score (nSPS) is 11.1. The maximum Gasteiger partial charge on any atom is 0.119 e. The average molecular weight is 643 g/mol. The molecule has 0 saturated heterocycles. The molecule has 0 N–H and O–H groups in total. The zero-order valence-corrected chi connectivity index (χ0v) is 29.0. The second kappa shape index (κ2) is 22.3. The van der Waals surface area contributed by atoms with Gasteiger partial charge in [0, 0.05) is 6.21 Å². The number of benzene rings is 4. The van der Waals surface area contributed by atoms with E-state index in [2.05, 4.69) is 66.5 Å². The number of rotatable bonds is 23. The third kappa shape index (κ3) is 14.2. The summed E-state index contributed by atoms with van der Waals surface area (Å²) in [4.78, 5) is 4.67. The van der Waals surface area contributed by atoms with Gasteiger partial charge in [-0.25, -0.2) is 0 Å². The summed E-state index contributed by atoms with van der Waals surface area (Å²) in [7, 11) is 0. The minimum atomic E-state index is 0.677. The predicted octanol–water partition coefficient (Wildman–Crippen LogP) is 12.5. The van der Waals surface area contributed by atoms with Crippen LogP contribution in [0.4, 0.5) is 5.69 Å². The Morgan fingerprint density at radius 3 is 1.56 bits per heavy atom. The molecule has 0 saturated carbocycles. The van der Waals surface area contributed by atoms with E-state index in [-0.39, 0.29) is 0 Å². The lowest BCUT2D eigenvalue weighted by Gasteiger charge is -2.08. The van der Waals surface area contributed by atoms with Crippen LogP contribution in [0, 0.1) is 11.3 Å². The van der Waals surface area contributed by atoms with Gasteiger partial charge in [-0.05, 0) is 109 Å². The summed E-state index contributed by atoms with van der Waals surface area (Å²) in [6.45, 7) is 3.77. The first-order chi connectivity index (χ1) is 23.7. The van der Waals surface area contributed by atoms with Gasteiger partial charge in [-0.2, -0.15) is 5.26 Å². The molecule has 0 atom stereocenters. The summed E-state index contributed by atoms with van der Waals surface area (Å²) in [5.74, 6) is 1.82. The molecule has 0 aliphatic heterocycles. The highest BCUT2D eigenvalue weighted by Crippen LogP contribution is 2.23. The summed E-state index contributed by atoms with van der Waals surface area (Å²) in [6, 6.07) is 34.9. The monoisotopic (exact) mass is 642 g/mol. The van der Waals surface area contributed by atoms with Crippen molar-refractivity contribution < 1.29 is 9.47 Å². The number of hydrogen-bond donors (Lipinski definition) is 0. The number of aliphatic imine (C=N–C) groups is 1. The molecule has 0 heterocycles. The van der Waals surface area contributed by atoms with Crippen molar-refractivity contribution in [2.45, 2.75) is 103 Å². The molecule has 252 valence electrons. The first-order valence-corrected chi connectivity index (χ1v) is 18.3. The first kappa shape index (κ1) is 36.5. The molecular formula is C44H54N2O2. The van der Waals surface area contributed by atoms with Crippen molar-refractivity contribution in [3.8, 4) is 28.7 Å². The number of aryl methyl sites for hydroxylation is 1. The van der Waals surface area contributed by atoms with Crippen LogP contribution in [0.15, 0.2) is 102 Å². The van der Waals surface area contributed by atoms with Gasteiger partial charge in [0.05, 0.1) is 30.5 Å². The molecule has 4 heteroatoms. The van der Waals surface area contributed by atoms with Crippen molar-refractivity contribution in [1.82, 2.24) is 0 Å². The van der Waals surface area contributed by atoms with Gasteiger partial charge in [0.15, 0.2) is 0 Å². The first-order valence-electron chi connectivity index (χ1n) is 18.3. The fraction of sp³-hybridized carbons (Fsp3) is 0.409. The van der Waals surface area contributed by atoms with Crippen LogP contribution >= 0.6 is 0 Å². The molecule has 4 nitrogen and oxygen atoms in total. The van der Waals surface area contributed by atoms with Gasteiger partial charge >= 0.3 is 0 Å². The Bertz CT molecular complexity index is 1480. The van der Waals surface area contributed by atoms with Crippen LogP contribution in [-0.2, 0) is 6.42 Å². The van der Waals surface area contributed by atoms with Gasteiger partial charge < -0.3 is 9.47 Å². The maximum atomic E-state index is 8.97. The van der Waals surface area contributed by atoms with Crippen molar-refractivity contribution >= 4 is 11.9 Å². The van der Waals surface area contributed by atoms with E-state index in [9.17, 15) is 0 Å². The Balaban J connectivity index is 0.994. The minimum absolute atomic E-state index is 0.677. The highest BCUT2D eigenvalue weighted by molar-refractivity contribution is 5.82. The fourth-order valence-corrected chi connectivity index (χ4v) is 5.78. The predicted molar refractivity (Wildman–Crippen MR) is 202 cm³/mol. The topological polar surface area (TPSA) is 54.6 Å². The van der Waals surface area contributed by atoms with Crippen molar-refractivity contribution in [2.75, 3.05) is 13.2 Å². The maximum absolute atomic E-state index is 8.97. The molecular weight excluding hydrogens is 588 g/mol. The van der Waals surface area contributed by atoms with Crippen LogP contribution in [0.1, 0.15) is 114 Å². The molecule has 0 unspecified atom stereocenters. The fourth-order valence-electron chi connectivity index (χ4n) is 5.78. The van der Waals surface area contributed by atoms with Crippen LogP contribution in [0.2, 0.25) is 0 Å². The van der Waals surface area contributed by atoms with E-state index < -0.39 is 0 Å². The molecule has 4 aromatic carbocycles. The number of ether oxygens (including phenoxy) is 2. The Labute approximate surface area is 289 Å². The third-order valence-corrected chi connectivity index (χ3v) is 8.78. The molecule has 4 rings (SSSR count). The second-order valence-corrected chi connectivity index (χ2v) is 12.8. The molecule has 0 aliphatic carbocycles. The quantitative estimate of drug-likeness (QED) is 0.0597. The lowest BCUT2D eigenvalue weighted by molar-refractivity contribution is 0.297. The summed E-state index contributed by atoms with van der Waals surface area (Å²) >= 11 is 0. The van der Waals surface area contributed by atoms with E-state index >= 15 is 0 Å². The summed E-state index contributed by atoms with van der Waals surface area (Å²) in [5, 5.41) is 8.97. The molecule has 4 aromatic rings. The Hall–Kier alpha value is -4.36. The highest BCUT2D eigenvalue weighted by atomic mass is 16.5. The lowest BCUT2D eigenvalue weighted by atomic mass is 10.0. The van der Waals surface area contributed by atoms with E-state index in [0.29, 0.717) is 5.56 Å². The number of unbranched alkanes of at least 4 members (excludes halogenated alkanes) is 12. The van der Waals surface area contributed by atoms with Crippen LogP contribution < -0.4 is 9.47 Å². The lowest BCUT2D eigenvalue weighted by Crippen LogP contribution is -1.98. The molecule has 0 radical (unpaired) electrons. The number of hydrogen-bond acceptors (Lipinski definition) is 4. The van der Waals surface area contributed by atoms with Crippen molar-refractivity contribution in [3.63, 3.8) is 0 Å². The van der Waals surface area contributed by atoms with Crippen LogP contribution in [0.3, 0.4) is 0 Å². The van der Waals surface area contributed by atoms with Crippen molar-refractivity contribution in [2.24, 2.45) is 4.99 Å². The van der Waals surface area contributed by atoms with E-state index in [1.54, 1.807) is 0 Å². The molecule has 0 aliphatic rings. The summed E-state index contributed by atoms with van der Waals surface area (Å²) in [5.41, 5.74) is 6.38. The van der Waals surface area contributed by atoms with Crippen molar-refractivity contribution in [1.29, 1.82) is 5.26 Å². The van der Waals surface area contributed by atoms with Gasteiger partial charge in [-0.1, -0.05) is 114 Å². The molecule has 0 spiro atoms. The van der Waals surface area contributed by atoms with Gasteiger partial charge in [-0.15, -0.1) is 0 Å². The number of nitriles is 1. The van der Waals surface area contributed by atoms with Crippen LogP contribution in [-0.4, -0.2) is 19.4 Å².